The van der Waals surface area contributed by atoms with Crippen LogP contribution in [0.2, 0.25) is 0 Å². The molecule has 0 saturated heterocycles. The van der Waals surface area contributed by atoms with Crippen molar-refractivity contribution < 1.29 is 24.3 Å². The third kappa shape index (κ3) is 4.85. The van der Waals surface area contributed by atoms with Crippen LogP contribution in [0.5, 0.6) is 5.75 Å². The van der Waals surface area contributed by atoms with Crippen molar-refractivity contribution in [2.24, 2.45) is 0 Å². The molecule has 7 nitrogen and oxygen atoms in total. The highest BCUT2D eigenvalue weighted by Crippen LogP contribution is 2.24. The molecule has 0 fully saturated rings. The zero-order valence-electron chi connectivity index (χ0n) is 11.6. The minimum Gasteiger partial charge on any atom is -0.490 e. The Morgan fingerprint density at radius 1 is 1.35 bits per heavy atom. The molecule has 0 amide bonds. The lowest BCUT2D eigenvalue weighted by Crippen LogP contribution is -2.22. The fourth-order valence-electron chi connectivity index (χ4n) is 1.42. The summed E-state index contributed by atoms with van der Waals surface area (Å²) in [4.78, 5) is 21.0. The Bertz CT molecular complexity index is 506. The minimum atomic E-state index is -1.28. The summed E-state index contributed by atoms with van der Waals surface area (Å²) in [5, 5.41) is 19.6. The van der Waals surface area contributed by atoms with Crippen molar-refractivity contribution >= 4 is 11.7 Å². The number of ether oxygens (including phenoxy) is 2. The topological polar surface area (TPSA) is 98.9 Å². The maximum Gasteiger partial charge on any atom is 0.339 e. The molecule has 0 unspecified atom stereocenters. The van der Waals surface area contributed by atoms with Crippen LogP contribution in [0.4, 0.5) is 5.69 Å². The molecule has 0 heterocycles. The molecule has 0 aromatic heterocycles. The molecule has 1 N–H and O–H groups in total. The minimum absolute atomic E-state index is 0.0839. The second-order valence-electron chi connectivity index (χ2n) is 5.05. The summed E-state index contributed by atoms with van der Waals surface area (Å²) in [7, 11) is 0. The third-order valence-corrected chi connectivity index (χ3v) is 2.28. The first-order valence-corrected chi connectivity index (χ1v) is 5.99. The van der Waals surface area contributed by atoms with E-state index in [1.807, 2.05) is 20.8 Å². The van der Waals surface area contributed by atoms with Gasteiger partial charge in [-0.05, 0) is 26.8 Å². The number of nitro benzene ring substituents is 1. The number of carbonyl (C=O) groups is 1. The van der Waals surface area contributed by atoms with Gasteiger partial charge in [0.05, 0.1) is 17.1 Å². The van der Waals surface area contributed by atoms with Crippen molar-refractivity contribution in [3.8, 4) is 5.75 Å². The summed E-state index contributed by atoms with van der Waals surface area (Å²) in [5.41, 5.74) is -0.843. The number of hydrogen-bond acceptors (Lipinski definition) is 5. The van der Waals surface area contributed by atoms with Gasteiger partial charge in [-0.25, -0.2) is 4.79 Å². The number of benzene rings is 1. The molecule has 110 valence electrons. The van der Waals surface area contributed by atoms with E-state index in [0.717, 1.165) is 6.07 Å². The smallest absolute Gasteiger partial charge is 0.339 e. The second-order valence-corrected chi connectivity index (χ2v) is 5.05. The Morgan fingerprint density at radius 2 is 2.00 bits per heavy atom. The molecule has 1 rings (SSSR count). The van der Waals surface area contributed by atoms with Gasteiger partial charge in [-0.3, -0.25) is 10.1 Å². The van der Waals surface area contributed by atoms with E-state index < -0.39 is 10.9 Å². The van der Waals surface area contributed by atoms with Crippen molar-refractivity contribution in [3.05, 3.63) is 33.9 Å². The van der Waals surface area contributed by atoms with Crippen LogP contribution in [0.1, 0.15) is 31.1 Å². The molecular weight excluding hydrogens is 266 g/mol. The maximum absolute atomic E-state index is 11.1. The highest BCUT2D eigenvalue weighted by molar-refractivity contribution is 5.91. The third-order valence-electron chi connectivity index (χ3n) is 2.28. The molecule has 20 heavy (non-hydrogen) atoms. The number of carboxylic acid groups (broad SMARTS) is 1. The second kappa shape index (κ2) is 6.33. The lowest BCUT2D eigenvalue weighted by atomic mass is 10.2. The van der Waals surface area contributed by atoms with Gasteiger partial charge in [0.25, 0.3) is 5.69 Å². The molecular formula is C13H17NO6. The molecule has 0 aliphatic heterocycles. The number of hydrogen-bond donors (Lipinski definition) is 1. The molecule has 0 spiro atoms. The van der Waals surface area contributed by atoms with Crippen molar-refractivity contribution in [3.63, 3.8) is 0 Å². The first-order valence-electron chi connectivity index (χ1n) is 5.99. The van der Waals surface area contributed by atoms with Crippen molar-refractivity contribution in [2.75, 3.05) is 13.2 Å². The Hall–Kier alpha value is -2.15. The lowest BCUT2D eigenvalue weighted by Gasteiger charge is -2.19. The fourth-order valence-corrected chi connectivity index (χ4v) is 1.42. The van der Waals surface area contributed by atoms with Gasteiger partial charge >= 0.3 is 5.97 Å². The van der Waals surface area contributed by atoms with Crippen molar-refractivity contribution in [2.45, 2.75) is 26.4 Å². The fraction of sp³-hybridized carbons (Fsp3) is 0.462. The Labute approximate surface area is 116 Å². The number of nitrogens with zero attached hydrogens (tertiary/aromatic N) is 1. The van der Waals surface area contributed by atoms with Crippen molar-refractivity contribution in [1.29, 1.82) is 0 Å². The van der Waals surface area contributed by atoms with Gasteiger partial charge in [0, 0.05) is 12.1 Å². The zero-order valence-corrected chi connectivity index (χ0v) is 11.6. The normalized spacial score (nSPS) is 11.2. The lowest BCUT2D eigenvalue weighted by molar-refractivity contribution is -0.384. The summed E-state index contributed by atoms with van der Waals surface area (Å²) in [6.45, 7) is 6.12. The number of carboxylic acids is 1. The van der Waals surface area contributed by atoms with Crippen LogP contribution in [0, 0.1) is 10.1 Å². The summed E-state index contributed by atoms with van der Waals surface area (Å²) in [6.07, 6.45) is 0. The first-order chi connectivity index (χ1) is 9.20. The van der Waals surface area contributed by atoms with E-state index in [-0.39, 0.29) is 29.2 Å². The Morgan fingerprint density at radius 3 is 2.50 bits per heavy atom. The van der Waals surface area contributed by atoms with Gasteiger partial charge in [-0.1, -0.05) is 0 Å². The predicted octanol–water partition coefficient (Wildman–Crippen LogP) is 2.49. The van der Waals surface area contributed by atoms with E-state index >= 15 is 0 Å². The van der Waals surface area contributed by atoms with Gasteiger partial charge in [0.15, 0.2) is 0 Å². The standard InChI is InChI=1S/C13H17NO6/c1-13(2,3)20-7-6-19-11-5-4-9(14(17)18)8-10(11)12(15)16/h4-5,8H,6-7H2,1-3H3,(H,15,16). The Balaban J connectivity index is 2.75. The van der Waals surface area contributed by atoms with Gasteiger partial charge < -0.3 is 14.6 Å². The number of rotatable bonds is 6. The van der Waals surface area contributed by atoms with Gasteiger partial charge in [0.2, 0.25) is 0 Å². The highest BCUT2D eigenvalue weighted by Gasteiger charge is 2.17. The van der Waals surface area contributed by atoms with Gasteiger partial charge in [0.1, 0.15) is 17.9 Å². The van der Waals surface area contributed by atoms with Crippen LogP contribution in [0.15, 0.2) is 18.2 Å². The predicted molar refractivity (Wildman–Crippen MR) is 71.3 cm³/mol. The highest BCUT2D eigenvalue weighted by atomic mass is 16.6. The summed E-state index contributed by atoms with van der Waals surface area (Å²) < 4.78 is 10.7. The largest absolute Gasteiger partial charge is 0.490 e. The van der Waals surface area contributed by atoms with Crippen LogP contribution in [-0.4, -0.2) is 34.8 Å². The summed E-state index contributed by atoms with van der Waals surface area (Å²) in [6, 6.07) is 3.45. The van der Waals surface area contributed by atoms with Crippen LogP contribution in [0.25, 0.3) is 0 Å². The molecule has 0 atom stereocenters. The van der Waals surface area contributed by atoms with E-state index in [1.165, 1.54) is 12.1 Å². The SMILES string of the molecule is CC(C)(C)OCCOc1ccc([N+](=O)[O-])cc1C(=O)O. The Kier molecular flexibility index (Phi) is 5.04. The molecule has 0 saturated carbocycles. The van der Waals surface area contributed by atoms with E-state index in [9.17, 15) is 14.9 Å². The molecule has 0 aliphatic carbocycles. The van der Waals surface area contributed by atoms with E-state index in [4.69, 9.17) is 14.6 Å². The van der Waals surface area contributed by atoms with Gasteiger partial charge in [-0.2, -0.15) is 0 Å². The monoisotopic (exact) mass is 283 g/mol. The number of nitro groups is 1. The molecule has 1 aromatic rings. The average Bonchev–Trinajstić information content (AvgIpc) is 2.33. The molecule has 7 heteroatoms. The van der Waals surface area contributed by atoms with E-state index in [2.05, 4.69) is 0 Å². The summed E-state index contributed by atoms with van der Waals surface area (Å²) in [5.74, 6) is -1.19. The molecule has 0 radical (unpaired) electrons. The van der Waals surface area contributed by atoms with E-state index in [0.29, 0.717) is 6.61 Å². The van der Waals surface area contributed by atoms with Crippen molar-refractivity contribution in [1.82, 2.24) is 0 Å². The average molecular weight is 283 g/mol. The van der Waals surface area contributed by atoms with E-state index in [1.54, 1.807) is 0 Å². The zero-order chi connectivity index (χ0) is 15.3. The quantitative estimate of drug-likeness (QED) is 0.489. The van der Waals surface area contributed by atoms with Crippen LogP contribution >= 0.6 is 0 Å². The number of non-ortho nitro benzene ring substituents is 1. The molecule has 0 bridgehead atoms. The maximum atomic E-state index is 11.1. The van der Waals surface area contributed by atoms with Crippen LogP contribution < -0.4 is 4.74 Å². The molecule has 0 aliphatic rings. The first kappa shape index (κ1) is 15.9. The summed E-state index contributed by atoms with van der Waals surface area (Å²) >= 11 is 0. The van der Waals surface area contributed by atoms with Crippen LogP contribution in [0.3, 0.4) is 0 Å². The van der Waals surface area contributed by atoms with Crippen LogP contribution in [-0.2, 0) is 4.74 Å². The number of aromatic carboxylic acids is 1. The molecule has 1 aromatic carbocycles. The van der Waals surface area contributed by atoms with Gasteiger partial charge in [-0.15, -0.1) is 0 Å².